The molecule has 1 aromatic carbocycles. The monoisotopic (exact) mass is 386 g/mol. The number of hydrogen-bond donors (Lipinski definition) is 0. The summed E-state index contributed by atoms with van der Waals surface area (Å²) in [4.78, 5) is 30.5. The van der Waals surface area contributed by atoms with Crippen molar-refractivity contribution in [3.8, 4) is 0 Å². The zero-order valence-electron chi connectivity index (χ0n) is 16.6. The van der Waals surface area contributed by atoms with E-state index in [1.165, 1.54) is 25.3 Å². The van der Waals surface area contributed by atoms with Crippen LogP contribution < -0.4 is 0 Å². The molecule has 2 amide bonds. The lowest BCUT2D eigenvalue weighted by Crippen LogP contribution is -2.61. The third-order valence-electron chi connectivity index (χ3n) is 6.82. The van der Waals surface area contributed by atoms with Crippen molar-refractivity contribution in [3.63, 3.8) is 0 Å². The van der Waals surface area contributed by atoms with Gasteiger partial charge in [-0.2, -0.15) is 0 Å². The summed E-state index contributed by atoms with van der Waals surface area (Å²) in [5.41, 5.74) is 0.352. The first-order chi connectivity index (χ1) is 13.7. The van der Waals surface area contributed by atoms with Gasteiger partial charge in [-0.1, -0.05) is 63.1 Å². The molecule has 1 saturated heterocycles. The Kier molecular flexibility index (Phi) is 5.98. The van der Waals surface area contributed by atoms with Crippen molar-refractivity contribution >= 4 is 11.8 Å². The molecule has 0 N–H and O–H groups in total. The fraction of sp³-hybridized carbons (Fsp3) is 0.652. The molecule has 28 heavy (non-hydrogen) atoms. The molecular formula is C23H31FN2O2. The Bertz CT molecular complexity index is 708. The van der Waals surface area contributed by atoms with Gasteiger partial charge in [0.1, 0.15) is 18.4 Å². The number of benzene rings is 1. The largest absolute Gasteiger partial charge is 0.328 e. The predicted octanol–water partition coefficient (Wildman–Crippen LogP) is 4.59. The molecule has 1 atom stereocenters. The van der Waals surface area contributed by atoms with Gasteiger partial charge in [0.05, 0.1) is 0 Å². The Morgan fingerprint density at radius 3 is 2.00 bits per heavy atom. The summed E-state index contributed by atoms with van der Waals surface area (Å²) < 4.78 is 14.7. The van der Waals surface area contributed by atoms with Crippen molar-refractivity contribution in [1.82, 2.24) is 9.80 Å². The summed E-state index contributed by atoms with van der Waals surface area (Å²) in [5.74, 6) is -0.483. The average molecular weight is 387 g/mol. The van der Waals surface area contributed by atoms with Gasteiger partial charge in [0.2, 0.25) is 5.91 Å². The molecule has 2 saturated carbocycles. The lowest BCUT2D eigenvalue weighted by Gasteiger charge is -2.47. The van der Waals surface area contributed by atoms with Gasteiger partial charge in [-0.15, -0.1) is 0 Å². The molecule has 0 unspecified atom stereocenters. The summed E-state index contributed by atoms with van der Waals surface area (Å²) in [6.07, 6.45) is 11.6. The minimum atomic E-state index is -0.811. The van der Waals surface area contributed by atoms with Gasteiger partial charge in [-0.3, -0.25) is 9.59 Å². The van der Waals surface area contributed by atoms with E-state index in [1.54, 1.807) is 28.0 Å². The van der Waals surface area contributed by atoms with Crippen molar-refractivity contribution in [2.45, 2.75) is 88.8 Å². The quantitative estimate of drug-likeness (QED) is 0.713. The van der Waals surface area contributed by atoms with Crippen LogP contribution in [0.5, 0.6) is 0 Å². The number of carbonyl (C=O) groups excluding carboxylic acids is 2. The summed E-state index contributed by atoms with van der Waals surface area (Å²) in [6.45, 7) is 0.158. The maximum atomic E-state index is 14.7. The maximum Gasteiger partial charge on any atom is 0.250 e. The Morgan fingerprint density at radius 2 is 1.36 bits per heavy atom. The normalized spacial score (nSPS) is 25.8. The molecule has 1 heterocycles. The average Bonchev–Trinajstić information content (AvgIpc) is 3.00. The lowest BCUT2D eigenvalue weighted by atomic mass is 9.89. The molecule has 3 fully saturated rings. The van der Waals surface area contributed by atoms with E-state index in [2.05, 4.69) is 0 Å². The Morgan fingerprint density at radius 1 is 0.786 bits per heavy atom. The Hall–Kier alpha value is -1.91. The molecule has 0 spiro atoms. The van der Waals surface area contributed by atoms with Crippen LogP contribution in [0.1, 0.15) is 82.2 Å². The number of amides is 2. The first-order valence-corrected chi connectivity index (χ1v) is 11.0. The molecule has 4 nitrogen and oxygen atoms in total. The third-order valence-corrected chi connectivity index (χ3v) is 6.82. The van der Waals surface area contributed by atoms with Gasteiger partial charge in [0.15, 0.2) is 0 Å². The number of carbonyl (C=O) groups is 2. The van der Waals surface area contributed by atoms with Gasteiger partial charge in [-0.05, 0) is 31.7 Å². The molecule has 1 aliphatic heterocycles. The highest BCUT2D eigenvalue weighted by molar-refractivity contribution is 5.96. The lowest BCUT2D eigenvalue weighted by molar-refractivity contribution is -0.162. The second kappa shape index (κ2) is 8.62. The summed E-state index contributed by atoms with van der Waals surface area (Å²) in [7, 11) is 0. The fourth-order valence-corrected chi connectivity index (χ4v) is 5.36. The Balaban J connectivity index is 1.69. The molecule has 1 aromatic rings. The van der Waals surface area contributed by atoms with Crippen molar-refractivity contribution in [2.24, 2.45) is 0 Å². The van der Waals surface area contributed by atoms with Crippen LogP contribution in [0.25, 0.3) is 0 Å². The van der Waals surface area contributed by atoms with E-state index in [1.807, 2.05) is 0 Å². The van der Waals surface area contributed by atoms with Gasteiger partial charge in [0, 0.05) is 17.6 Å². The van der Waals surface area contributed by atoms with Crippen LogP contribution in [-0.4, -0.2) is 40.2 Å². The SMILES string of the molecule is O=C1[C@@H](c2ccccc2F)N(C2CCCCC2)C(=O)CN1C1CCCCCC1. The fourth-order valence-electron chi connectivity index (χ4n) is 5.36. The standard InChI is InChI=1S/C23H31FN2O2/c24-20-15-9-8-14-19(20)22-23(28)25(17-10-4-1-2-5-11-17)16-21(27)26(22)18-12-6-3-7-13-18/h8-9,14-15,17-18,22H,1-7,10-13,16H2/t22-/m1/s1. The molecule has 0 aromatic heterocycles. The Labute approximate surface area is 167 Å². The second-order valence-corrected chi connectivity index (χ2v) is 8.63. The van der Waals surface area contributed by atoms with Crippen LogP contribution in [0.3, 0.4) is 0 Å². The van der Waals surface area contributed by atoms with Crippen molar-refractivity contribution in [1.29, 1.82) is 0 Å². The first kappa shape index (κ1) is 19.4. The smallest absolute Gasteiger partial charge is 0.250 e. The molecule has 5 heteroatoms. The van der Waals surface area contributed by atoms with E-state index in [-0.39, 0.29) is 30.4 Å². The highest BCUT2D eigenvalue weighted by Crippen LogP contribution is 2.37. The van der Waals surface area contributed by atoms with E-state index in [0.29, 0.717) is 5.56 Å². The van der Waals surface area contributed by atoms with Crippen LogP contribution in [0.15, 0.2) is 24.3 Å². The molecule has 0 radical (unpaired) electrons. The van der Waals surface area contributed by atoms with E-state index in [4.69, 9.17) is 0 Å². The zero-order chi connectivity index (χ0) is 19.5. The van der Waals surface area contributed by atoms with E-state index in [9.17, 15) is 14.0 Å². The molecule has 3 aliphatic rings. The summed E-state index contributed by atoms with van der Waals surface area (Å²) >= 11 is 0. The van der Waals surface area contributed by atoms with Crippen LogP contribution >= 0.6 is 0 Å². The molecule has 4 rings (SSSR count). The topological polar surface area (TPSA) is 40.6 Å². The minimum absolute atomic E-state index is 0.0102. The third kappa shape index (κ3) is 3.81. The van der Waals surface area contributed by atoms with Crippen LogP contribution in [0.2, 0.25) is 0 Å². The van der Waals surface area contributed by atoms with Crippen LogP contribution in [0, 0.1) is 5.82 Å². The summed E-state index contributed by atoms with van der Waals surface area (Å²) in [5, 5.41) is 0. The zero-order valence-corrected chi connectivity index (χ0v) is 16.6. The van der Waals surface area contributed by atoms with Crippen LogP contribution in [0.4, 0.5) is 4.39 Å². The molecule has 2 aliphatic carbocycles. The van der Waals surface area contributed by atoms with E-state index in [0.717, 1.165) is 51.4 Å². The predicted molar refractivity (Wildman–Crippen MR) is 106 cm³/mol. The number of hydrogen-bond acceptors (Lipinski definition) is 2. The molecule has 152 valence electrons. The van der Waals surface area contributed by atoms with Crippen molar-refractivity contribution in [2.75, 3.05) is 6.54 Å². The van der Waals surface area contributed by atoms with E-state index < -0.39 is 11.9 Å². The van der Waals surface area contributed by atoms with E-state index >= 15 is 0 Å². The van der Waals surface area contributed by atoms with Gasteiger partial charge in [-0.25, -0.2) is 4.39 Å². The second-order valence-electron chi connectivity index (χ2n) is 8.63. The number of rotatable bonds is 3. The van der Waals surface area contributed by atoms with Gasteiger partial charge in [0.25, 0.3) is 5.91 Å². The molecule has 0 bridgehead atoms. The molecular weight excluding hydrogens is 355 g/mol. The highest BCUT2D eigenvalue weighted by Gasteiger charge is 2.46. The number of piperazine rings is 1. The summed E-state index contributed by atoms with van der Waals surface area (Å²) in [6, 6.07) is 5.83. The first-order valence-electron chi connectivity index (χ1n) is 11.0. The van der Waals surface area contributed by atoms with Crippen molar-refractivity contribution in [3.05, 3.63) is 35.6 Å². The minimum Gasteiger partial charge on any atom is -0.328 e. The maximum absolute atomic E-state index is 14.7. The number of halogens is 1. The van der Waals surface area contributed by atoms with Gasteiger partial charge >= 0.3 is 0 Å². The van der Waals surface area contributed by atoms with Crippen molar-refractivity contribution < 1.29 is 14.0 Å². The van der Waals surface area contributed by atoms with Gasteiger partial charge < -0.3 is 9.80 Å². The van der Waals surface area contributed by atoms with Crippen LogP contribution in [-0.2, 0) is 9.59 Å². The number of nitrogens with zero attached hydrogens (tertiary/aromatic N) is 2. The highest BCUT2D eigenvalue weighted by atomic mass is 19.1.